The molecular weight excluding hydrogens is 568 g/mol. The SMILES string of the molecule is O=C(CCCCNC1=NCCN1)Nc1ccc(C[C@H](NC(=O)[C@@H]2CSCN2S(=O)(=O)c2ccccc2)C(=O)O)cc1. The number of rotatable bonds is 13. The van der Waals surface area contributed by atoms with E-state index in [1.54, 1.807) is 42.5 Å². The summed E-state index contributed by atoms with van der Waals surface area (Å²) in [6.07, 6.45) is 1.90. The van der Waals surface area contributed by atoms with Crippen molar-refractivity contribution < 1.29 is 27.9 Å². The number of hydrogen-bond donors (Lipinski definition) is 5. The highest BCUT2D eigenvalue weighted by atomic mass is 32.2. The Kier molecular flexibility index (Phi) is 10.6. The first-order valence-electron chi connectivity index (χ1n) is 13.3. The molecule has 2 aliphatic rings. The molecule has 41 heavy (non-hydrogen) atoms. The lowest BCUT2D eigenvalue weighted by atomic mass is 10.0. The van der Waals surface area contributed by atoms with E-state index in [4.69, 9.17) is 0 Å². The van der Waals surface area contributed by atoms with Gasteiger partial charge < -0.3 is 26.4 Å². The number of hydrogen-bond acceptors (Lipinski definition) is 9. The van der Waals surface area contributed by atoms with Gasteiger partial charge in [0.1, 0.15) is 12.1 Å². The number of anilines is 1. The molecule has 1 saturated heterocycles. The van der Waals surface area contributed by atoms with Crippen LogP contribution >= 0.6 is 11.8 Å². The molecule has 0 aromatic heterocycles. The first-order valence-corrected chi connectivity index (χ1v) is 15.9. The molecule has 2 heterocycles. The molecular formula is C27H34N6O6S2. The van der Waals surface area contributed by atoms with Crippen LogP contribution in [0.3, 0.4) is 0 Å². The van der Waals surface area contributed by atoms with E-state index in [-0.39, 0.29) is 28.9 Å². The highest BCUT2D eigenvalue weighted by Crippen LogP contribution is 2.28. The second-order valence-corrected chi connectivity index (χ2v) is 12.5. The number of aliphatic imine (C=N–C) groups is 1. The maximum atomic E-state index is 13.1. The molecule has 0 aliphatic carbocycles. The van der Waals surface area contributed by atoms with Crippen molar-refractivity contribution in [2.75, 3.05) is 36.6 Å². The smallest absolute Gasteiger partial charge is 0.326 e. The average Bonchev–Trinajstić information content (AvgIpc) is 3.67. The van der Waals surface area contributed by atoms with Crippen LogP contribution in [-0.4, -0.2) is 84.9 Å². The van der Waals surface area contributed by atoms with Crippen molar-refractivity contribution in [1.82, 2.24) is 20.3 Å². The Morgan fingerprint density at radius 1 is 1.10 bits per heavy atom. The molecule has 2 atom stereocenters. The zero-order valence-electron chi connectivity index (χ0n) is 22.4. The number of carboxylic acids is 1. The predicted octanol–water partition coefficient (Wildman–Crippen LogP) is 1.22. The Morgan fingerprint density at radius 3 is 2.54 bits per heavy atom. The van der Waals surface area contributed by atoms with Gasteiger partial charge >= 0.3 is 5.97 Å². The van der Waals surface area contributed by atoms with Crippen LogP contribution in [0.25, 0.3) is 0 Å². The van der Waals surface area contributed by atoms with Crippen LogP contribution in [0, 0.1) is 0 Å². The molecule has 2 aromatic rings. The molecule has 0 bridgehead atoms. The van der Waals surface area contributed by atoms with Crippen molar-refractivity contribution in [3.05, 3.63) is 60.2 Å². The summed E-state index contributed by atoms with van der Waals surface area (Å²) in [5.41, 5.74) is 1.22. The summed E-state index contributed by atoms with van der Waals surface area (Å²) < 4.78 is 27.3. The molecule has 220 valence electrons. The van der Waals surface area contributed by atoms with E-state index in [0.29, 0.717) is 24.1 Å². The van der Waals surface area contributed by atoms with Crippen LogP contribution in [0.5, 0.6) is 0 Å². The third-order valence-corrected chi connectivity index (χ3v) is 9.63. The van der Waals surface area contributed by atoms with Gasteiger partial charge in [-0.25, -0.2) is 13.2 Å². The molecule has 0 radical (unpaired) electrons. The minimum absolute atomic E-state index is 0.00620. The number of carbonyl (C=O) groups is 3. The summed E-state index contributed by atoms with van der Waals surface area (Å²) in [5.74, 6) is -0.881. The van der Waals surface area contributed by atoms with Crippen molar-refractivity contribution in [2.24, 2.45) is 4.99 Å². The Hall–Kier alpha value is -3.62. The van der Waals surface area contributed by atoms with Crippen LogP contribution < -0.4 is 21.3 Å². The number of benzene rings is 2. The molecule has 1 fully saturated rings. The fourth-order valence-electron chi connectivity index (χ4n) is 4.38. The summed E-state index contributed by atoms with van der Waals surface area (Å²) >= 11 is 1.29. The van der Waals surface area contributed by atoms with Gasteiger partial charge in [-0.15, -0.1) is 11.8 Å². The van der Waals surface area contributed by atoms with Gasteiger partial charge in [0.2, 0.25) is 21.8 Å². The number of carbonyl (C=O) groups excluding carboxylic acids is 2. The number of nitrogens with zero attached hydrogens (tertiary/aromatic N) is 2. The average molecular weight is 603 g/mol. The Labute approximate surface area is 243 Å². The van der Waals surface area contributed by atoms with Gasteiger partial charge in [-0.3, -0.25) is 14.6 Å². The van der Waals surface area contributed by atoms with Crippen molar-refractivity contribution >= 4 is 51.2 Å². The summed E-state index contributed by atoms with van der Waals surface area (Å²) in [5, 5.41) is 21.4. The third kappa shape index (κ3) is 8.44. The number of nitrogens with one attached hydrogen (secondary N) is 4. The van der Waals surface area contributed by atoms with Gasteiger partial charge in [-0.1, -0.05) is 30.3 Å². The molecule has 0 unspecified atom stereocenters. The number of unbranched alkanes of at least 4 members (excludes halogenated alkanes) is 1. The molecule has 12 nitrogen and oxygen atoms in total. The fourth-order valence-corrected chi connectivity index (χ4v) is 7.55. The quantitative estimate of drug-likeness (QED) is 0.212. The van der Waals surface area contributed by atoms with Crippen molar-refractivity contribution in [1.29, 1.82) is 0 Å². The topological polar surface area (TPSA) is 169 Å². The van der Waals surface area contributed by atoms with Crippen molar-refractivity contribution in [2.45, 2.75) is 42.7 Å². The van der Waals surface area contributed by atoms with Crippen LogP contribution in [0.1, 0.15) is 24.8 Å². The zero-order chi connectivity index (χ0) is 29.2. The molecule has 5 N–H and O–H groups in total. The lowest BCUT2D eigenvalue weighted by molar-refractivity contribution is -0.142. The van der Waals surface area contributed by atoms with Gasteiger partial charge in [0, 0.05) is 37.4 Å². The van der Waals surface area contributed by atoms with Gasteiger partial charge in [0.25, 0.3) is 0 Å². The van der Waals surface area contributed by atoms with E-state index >= 15 is 0 Å². The lowest BCUT2D eigenvalue weighted by Gasteiger charge is -2.24. The minimum atomic E-state index is -3.92. The molecule has 0 saturated carbocycles. The highest BCUT2D eigenvalue weighted by molar-refractivity contribution is 8.00. The number of sulfonamides is 1. The molecule has 14 heteroatoms. The molecule has 2 aliphatic heterocycles. The summed E-state index contributed by atoms with van der Waals surface area (Å²) in [6.45, 7) is 2.35. The van der Waals surface area contributed by atoms with E-state index in [9.17, 15) is 27.9 Å². The Morgan fingerprint density at radius 2 is 1.85 bits per heavy atom. The number of amides is 2. The first-order chi connectivity index (χ1) is 19.7. The van der Waals surface area contributed by atoms with Crippen molar-refractivity contribution in [3.63, 3.8) is 0 Å². The molecule has 2 amide bonds. The fraction of sp³-hybridized carbons (Fsp3) is 0.407. The number of guanidine groups is 1. The Balaban J connectivity index is 1.26. The maximum Gasteiger partial charge on any atom is 0.326 e. The van der Waals surface area contributed by atoms with Gasteiger partial charge in [0.05, 0.1) is 17.3 Å². The lowest BCUT2D eigenvalue weighted by Crippen LogP contribution is -2.52. The van der Waals surface area contributed by atoms with Gasteiger partial charge in [0.15, 0.2) is 5.96 Å². The minimum Gasteiger partial charge on any atom is -0.480 e. The zero-order valence-corrected chi connectivity index (χ0v) is 24.0. The van der Waals surface area contributed by atoms with Crippen molar-refractivity contribution in [3.8, 4) is 0 Å². The summed E-state index contributed by atoms with van der Waals surface area (Å²) in [6, 6.07) is 12.3. The molecule has 0 spiro atoms. The number of aliphatic carboxylic acids is 1. The van der Waals surface area contributed by atoms with Crippen LogP contribution in [-0.2, 0) is 30.8 Å². The van der Waals surface area contributed by atoms with E-state index in [1.807, 2.05) is 0 Å². The van der Waals surface area contributed by atoms with Crippen LogP contribution in [0.2, 0.25) is 0 Å². The van der Waals surface area contributed by atoms with E-state index in [1.165, 1.54) is 23.9 Å². The summed E-state index contributed by atoms with van der Waals surface area (Å²) in [7, 11) is -3.92. The monoisotopic (exact) mass is 602 g/mol. The third-order valence-electron chi connectivity index (χ3n) is 6.58. The normalized spacial score (nSPS) is 17.8. The standard InChI is InChI=1S/C27H34N6O6S2/c34-24(8-4-5-13-28-27-29-14-15-30-27)31-20-11-9-19(10-12-20)16-22(26(36)37)32-25(35)23-17-40-18-33(23)41(38,39)21-6-2-1-3-7-21/h1-3,6-7,9-12,22-23H,4-5,8,13-18H2,(H,31,34)(H,32,35)(H,36,37)(H2,28,29,30)/t22-,23-/m0/s1. The van der Waals surface area contributed by atoms with Crippen LogP contribution in [0.4, 0.5) is 5.69 Å². The summed E-state index contributed by atoms with van der Waals surface area (Å²) in [4.78, 5) is 41.6. The first kappa shape index (κ1) is 30.3. The Bertz CT molecular complexity index is 1350. The van der Waals surface area contributed by atoms with E-state index < -0.39 is 34.0 Å². The highest BCUT2D eigenvalue weighted by Gasteiger charge is 2.41. The predicted molar refractivity (Wildman–Crippen MR) is 157 cm³/mol. The van der Waals surface area contributed by atoms with E-state index in [0.717, 1.165) is 36.3 Å². The molecule has 4 rings (SSSR count). The molecule has 2 aromatic carbocycles. The second kappa shape index (κ2) is 14.3. The van der Waals surface area contributed by atoms with Gasteiger partial charge in [-0.2, -0.15) is 4.31 Å². The van der Waals surface area contributed by atoms with Gasteiger partial charge in [-0.05, 0) is 42.7 Å². The van der Waals surface area contributed by atoms with E-state index in [2.05, 4.69) is 26.3 Å². The van der Waals surface area contributed by atoms with Crippen LogP contribution in [0.15, 0.2) is 64.5 Å². The second-order valence-electron chi connectivity index (χ2n) is 9.61. The largest absolute Gasteiger partial charge is 0.480 e. The maximum absolute atomic E-state index is 13.1. The number of thioether (sulfide) groups is 1. The number of carboxylic acid groups (broad SMARTS) is 1.